The average molecular weight is 318 g/mol. The Kier molecular flexibility index (Phi) is 6.85. The van der Waals surface area contributed by atoms with E-state index in [0.717, 1.165) is 5.56 Å². The predicted molar refractivity (Wildman–Crippen MR) is 80.4 cm³/mol. The molecule has 0 aliphatic rings. The van der Waals surface area contributed by atoms with E-state index in [1.165, 1.54) is 7.11 Å². The molecule has 0 aliphatic heterocycles. The Bertz CT molecular complexity index is 501. The molecule has 0 saturated carbocycles. The second-order valence-electron chi connectivity index (χ2n) is 4.30. The summed E-state index contributed by atoms with van der Waals surface area (Å²) in [7, 11) is 1.48. The molecule has 1 rings (SSSR count). The molecule has 0 radical (unpaired) electrons. The maximum atomic E-state index is 11.5. The number of ether oxygens (including phenoxy) is 1. The Hall–Kier alpha value is -1.23. The van der Waals surface area contributed by atoms with Gasteiger partial charge in [-0.15, -0.1) is 0 Å². The van der Waals surface area contributed by atoms with E-state index in [9.17, 15) is 4.79 Å². The highest BCUT2D eigenvalue weighted by molar-refractivity contribution is 6.42. The second kappa shape index (κ2) is 8.15. The summed E-state index contributed by atoms with van der Waals surface area (Å²) in [6, 6.07) is 5.15. The Labute approximate surface area is 128 Å². The first-order valence-corrected chi connectivity index (χ1v) is 6.83. The molecule has 1 aromatic rings. The van der Waals surface area contributed by atoms with Crippen LogP contribution >= 0.6 is 23.2 Å². The van der Waals surface area contributed by atoms with Crippen molar-refractivity contribution in [1.29, 1.82) is 0 Å². The van der Waals surface area contributed by atoms with Gasteiger partial charge >= 0.3 is 5.97 Å². The van der Waals surface area contributed by atoms with Gasteiger partial charge in [-0.25, -0.2) is 0 Å². The topological polar surface area (TPSA) is 47.6 Å². The van der Waals surface area contributed by atoms with E-state index in [1.807, 2.05) is 0 Å². The smallest absolute Gasteiger partial charge is 0.309 e. The Morgan fingerprint density at radius 1 is 1.35 bits per heavy atom. The summed E-state index contributed by atoms with van der Waals surface area (Å²) in [6.07, 6.45) is 1.66. The molecule has 0 amide bonds. The minimum absolute atomic E-state index is 0.129. The molecule has 6 heteroatoms. The van der Waals surface area contributed by atoms with Crippen LogP contribution in [0.2, 0.25) is 10.0 Å². The zero-order valence-electron chi connectivity index (χ0n) is 11.6. The summed E-state index contributed by atoms with van der Waals surface area (Å²) in [5.41, 5.74) is 4.09. The monoisotopic (exact) mass is 317 g/mol. The largest absolute Gasteiger partial charge is 0.463 e. The lowest BCUT2D eigenvalue weighted by Crippen LogP contribution is -2.13. The third-order valence-corrected chi connectivity index (χ3v) is 3.02. The van der Waals surface area contributed by atoms with E-state index < -0.39 is 0 Å². The summed E-state index contributed by atoms with van der Waals surface area (Å²) in [4.78, 5) is 16.4. The van der Waals surface area contributed by atoms with Crippen molar-refractivity contribution < 1.29 is 14.4 Å². The lowest BCUT2D eigenvalue weighted by molar-refractivity contribution is -0.146. The van der Waals surface area contributed by atoms with E-state index in [0.29, 0.717) is 15.7 Å². The number of hydrogen-bond acceptors (Lipinski definition) is 4. The van der Waals surface area contributed by atoms with Crippen LogP contribution in [0.25, 0.3) is 5.70 Å². The number of carbonyl (C=O) groups is 1. The van der Waals surface area contributed by atoms with Gasteiger partial charge in [0.2, 0.25) is 0 Å². The molecule has 0 atom stereocenters. The van der Waals surface area contributed by atoms with Crippen molar-refractivity contribution in [3.05, 3.63) is 39.9 Å². The molecule has 0 fully saturated rings. The van der Waals surface area contributed by atoms with Gasteiger partial charge < -0.3 is 4.74 Å². The number of hydroxylamine groups is 1. The van der Waals surface area contributed by atoms with Gasteiger partial charge in [0, 0.05) is 5.56 Å². The van der Waals surface area contributed by atoms with Crippen LogP contribution in [0.5, 0.6) is 0 Å². The third-order valence-electron chi connectivity index (χ3n) is 2.28. The van der Waals surface area contributed by atoms with Crippen molar-refractivity contribution in [3.8, 4) is 0 Å². The fourth-order valence-corrected chi connectivity index (χ4v) is 1.79. The number of carbonyl (C=O) groups excluding carboxylic acids is 1. The van der Waals surface area contributed by atoms with Gasteiger partial charge in [-0.3, -0.25) is 15.1 Å². The fourth-order valence-electron chi connectivity index (χ4n) is 1.49. The van der Waals surface area contributed by atoms with Crippen molar-refractivity contribution in [2.45, 2.75) is 26.4 Å². The molecule has 1 aromatic carbocycles. The molecule has 0 spiro atoms. The highest BCUT2D eigenvalue weighted by Gasteiger charge is 2.08. The van der Waals surface area contributed by atoms with Crippen LogP contribution in [-0.2, 0) is 14.4 Å². The lowest BCUT2D eigenvalue weighted by atomic mass is 10.1. The molecule has 0 aromatic heterocycles. The van der Waals surface area contributed by atoms with E-state index in [2.05, 4.69) is 5.48 Å². The molecule has 20 heavy (non-hydrogen) atoms. The lowest BCUT2D eigenvalue weighted by Gasteiger charge is -2.11. The Morgan fingerprint density at radius 2 is 2.05 bits per heavy atom. The SMILES string of the molecule is CON/C(=C\CC(=O)OC(C)C)c1ccc(Cl)c(Cl)c1. The minimum atomic E-state index is -0.310. The zero-order valence-corrected chi connectivity index (χ0v) is 13.1. The molecule has 1 N–H and O–H groups in total. The normalized spacial score (nSPS) is 11.6. The summed E-state index contributed by atoms with van der Waals surface area (Å²) in [5, 5.41) is 0.893. The number of rotatable bonds is 6. The molecule has 0 bridgehead atoms. The number of hydrogen-bond donors (Lipinski definition) is 1. The Morgan fingerprint density at radius 3 is 2.60 bits per heavy atom. The number of esters is 1. The van der Waals surface area contributed by atoms with E-state index in [1.54, 1.807) is 38.1 Å². The van der Waals surface area contributed by atoms with Crippen molar-refractivity contribution >= 4 is 34.9 Å². The van der Waals surface area contributed by atoms with Crippen molar-refractivity contribution in [1.82, 2.24) is 5.48 Å². The molecule has 0 heterocycles. The predicted octanol–water partition coefficient (Wildman–Crippen LogP) is 3.83. The maximum Gasteiger partial charge on any atom is 0.309 e. The quantitative estimate of drug-likeness (QED) is 0.640. The second-order valence-corrected chi connectivity index (χ2v) is 5.11. The maximum absolute atomic E-state index is 11.5. The molecule has 0 unspecified atom stereocenters. The van der Waals surface area contributed by atoms with Gasteiger partial charge in [-0.1, -0.05) is 29.3 Å². The highest BCUT2D eigenvalue weighted by atomic mass is 35.5. The van der Waals surface area contributed by atoms with Gasteiger partial charge in [0.1, 0.15) is 0 Å². The van der Waals surface area contributed by atoms with Gasteiger partial charge in [0.25, 0.3) is 0 Å². The molecule has 0 saturated heterocycles. The summed E-state index contributed by atoms with van der Waals surface area (Å²) in [5.74, 6) is -0.310. The third kappa shape index (κ3) is 5.41. The fraction of sp³-hybridized carbons (Fsp3) is 0.357. The first kappa shape index (κ1) is 16.8. The number of halogens is 2. The molecular formula is C14H17Cl2NO3. The van der Waals surface area contributed by atoms with Crippen molar-refractivity contribution in [3.63, 3.8) is 0 Å². The number of nitrogens with one attached hydrogen (secondary N) is 1. The van der Waals surface area contributed by atoms with Crippen LogP contribution in [0.15, 0.2) is 24.3 Å². The molecular weight excluding hydrogens is 301 g/mol. The van der Waals surface area contributed by atoms with Gasteiger partial charge in [0.15, 0.2) is 0 Å². The Balaban J connectivity index is 2.87. The summed E-state index contributed by atoms with van der Waals surface area (Å²) in [6.45, 7) is 3.60. The van der Waals surface area contributed by atoms with Gasteiger partial charge in [0.05, 0.1) is 35.4 Å². The first-order chi connectivity index (χ1) is 9.43. The van der Waals surface area contributed by atoms with Gasteiger partial charge in [-0.2, -0.15) is 0 Å². The van der Waals surface area contributed by atoms with E-state index >= 15 is 0 Å². The van der Waals surface area contributed by atoms with Gasteiger partial charge in [-0.05, 0) is 32.1 Å². The average Bonchev–Trinajstić information content (AvgIpc) is 2.37. The van der Waals surface area contributed by atoms with E-state index in [-0.39, 0.29) is 18.5 Å². The summed E-state index contributed by atoms with van der Waals surface area (Å²) < 4.78 is 5.06. The van der Waals surface area contributed by atoms with E-state index in [4.69, 9.17) is 32.8 Å². The summed E-state index contributed by atoms with van der Waals surface area (Å²) >= 11 is 11.8. The van der Waals surface area contributed by atoms with Crippen molar-refractivity contribution in [2.24, 2.45) is 0 Å². The standard InChI is InChI=1S/C14H17Cl2NO3/c1-9(2)20-14(18)7-6-13(17-19-3)10-4-5-11(15)12(16)8-10/h4-6,8-9,17H,7H2,1-3H3/b13-6-. The molecule has 110 valence electrons. The molecule has 0 aliphatic carbocycles. The minimum Gasteiger partial charge on any atom is -0.463 e. The van der Waals surface area contributed by atoms with Crippen LogP contribution in [0, 0.1) is 0 Å². The van der Waals surface area contributed by atoms with Crippen LogP contribution in [-0.4, -0.2) is 19.2 Å². The van der Waals surface area contributed by atoms with Crippen LogP contribution in [0.3, 0.4) is 0 Å². The van der Waals surface area contributed by atoms with Crippen LogP contribution in [0.4, 0.5) is 0 Å². The van der Waals surface area contributed by atoms with Crippen molar-refractivity contribution in [2.75, 3.05) is 7.11 Å². The van der Waals surface area contributed by atoms with Crippen LogP contribution < -0.4 is 5.48 Å². The van der Waals surface area contributed by atoms with Crippen LogP contribution in [0.1, 0.15) is 25.8 Å². The number of benzene rings is 1. The molecule has 4 nitrogen and oxygen atoms in total. The zero-order chi connectivity index (χ0) is 15.1. The highest BCUT2D eigenvalue weighted by Crippen LogP contribution is 2.25. The first-order valence-electron chi connectivity index (χ1n) is 6.08.